The second kappa shape index (κ2) is 7.43. The maximum Gasteiger partial charge on any atom is 0.0158 e. The lowest BCUT2D eigenvalue weighted by Gasteiger charge is -2.57. The molecular weight excluding hydrogens is 258 g/mol. The van der Waals surface area contributed by atoms with Crippen LogP contribution in [-0.2, 0) is 0 Å². The Morgan fingerprint density at radius 3 is 2.52 bits per heavy atom. The molecule has 0 bridgehead atoms. The molecule has 3 heteroatoms. The summed E-state index contributed by atoms with van der Waals surface area (Å²) in [6.45, 7) is 10.3. The molecule has 2 rings (SSSR count). The van der Waals surface area contributed by atoms with Gasteiger partial charge in [0.1, 0.15) is 0 Å². The Hall–Kier alpha value is -0.120. The monoisotopic (exact) mass is 295 g/mol. The Morgan fingerprint density at radius 1 is 1.10 bits per heavy atom. The molecule has 4 atom stereocenters. The van der Waals surface area contributed by atoms with Crippen LogP contribution in [0.15, 0.2) is 0 Å². The number of likely N-dealkylation sites (tertiary alicyclic amines) is 1. The normalized spacial score (nSPS) is 36.4. The van der Waals surface area contributed by atoms with Gasteiger partial charge in [-0.05, 0) is 96.2 Å². The molecule has 1 heterocycles. The number of nitrogens with two attached hydrogens (primary N) is 2. The average molecular weight is 296 g/mol. The zero-order valence-corrected chi connectivity index (χ0v) is 14.5. The highest BCUT2D eigenvalue weighted by Crippen LogP contribution is 2.47. The summed E-state index contributed by atoms with van der Waals surface area (Å²) >= 11 is 0. The number of unbranched alkanes of at least 4 members (excludes halogenated alkanes) is 1. The van der Waals surface area contributed by atoms with Gasteiger partial charge in [0.2, 0.25) is 0 Å². The zero-order valence-electron chi connectivity index (χ0n) is 14.5. The van der Waals surface area contributed by atoms with Crippen LogP contribution in [0.1, 0.15) is 65.7 Å². The van der Waals surface area contributed by atoms with Gasteiger partial charge in [0.15, 0.2) is 0 Å². The van der Waals surface area contributed by atoms with Gasteiger partial charge in [-0.2, -0.15) is 0 Å². The number of rotatable bonds is 6. The molecule has 0 aromatic rings. The molecule has 4 unspecified atom stereocenters. The molecule has 4 N–H and O–H groups in total. The maximum absolute atomic E-state index is 5.79. The molecule has 0 spiro atoms. The third-order valence-corrected chi connectivity index (χ3v) is 6.13. The Kier molecular flexibility index (Phi) is 6.10. The van der Waals surface area contributed by atoms with E-state index in [9.17, 15) is 0 Å². The molecule has 0 aromatic heterocycles. The lowest BCUT2D eigenvalue weighted by Crippen LogP contribution is -2.60. The second-order valence-electron chi connectivity index (χ2n) is 8.17. The summed E-state index contributed by atoms with van der Waals surface area (Å²) in [4.78, 5) is 2.84. The Morgan fingerprint density at radius 2 is 1.86 bits per heavy atom. The first-order valence-electron chi connectivity index (χ1n) is 9.16. The van der Waals surface area contributed by atoms with Crippen LogP contribution in [-0.4, -0.2) is 36.1 Å². The fourth-order valence-electron chi connectivity index (χ4n) is 5.18. The Labute approximate surface area is 131 Å². The van der Waals surface area contributed by atoms with Crippen molar-refractivity contribution in [1.82, 2.24) is 4.90 Å². The lowest BCUT2D eigenvalue weighted by atomic mass is 9.64. The van der Waals surface area contributed by atoms with Crippen molar-refractivity contribution in [3.05, 3.63) is 0 Å². The SMILES string of the molecule is CC1CC(C)(C)N(CCCCN)C2CCC(CCN)CC12. The van der Waals surface area contributed by atoms with Gasteiger partial charge in [-0.15, -0.1) is 0 Å². The molecule has 0 radical (unpaired) electrons. The van der Waals surface area contributed by atoms with Gasteiger partial charge >= 0.3 is 0 Å². The summed E-state index contributed by atoms with van der Waals surface area (Å²) < 4.78 is 0. The fourth-order valence-corrected chi connectivity index (χ4v) is 5.18. The topological polar surface area (TPSA) is 55.3 Å². The first-order valence-corrected chi connectivity index (χ1v) is 9.16. The van der Waals surface area contributed by atoms with E-state index in [1.807, 2.05) is 0 Å². The van der Waals surface area contributed by atoms with E-state index in [0.717, 1.165) is 43.3 Å². The number of fused-ring (bicyclic) bond motifs is 1. The van der Waals surface area contributed by atoms with Crippen LogP contribution in [0.25, 0.3) is 0 Å². The number of nitrogens with zero attached hydrogens (tertiary/aromatic N) is 1. The Balaban J connectivity index is 2.05. The van der Waals surface area contributed by atoms with Crippen molar-refractivity contribution in [2.75, 3.05) is 19.6 Å². The predicted octanol–water partition coefficient (Wildman–Crippen LogP) is 2.98. The van der Waals surface area contributed by atoms with Crippen molar-refractivity contribution in [2.45, 2.75) is 77.3 Å². The molecule has 0 amide bonds. The van der Waals surface area contributed by atoms with Crippen LogP contribution >= 0.6 is 0 Å². The highest BCUT2D eigenvalue weighted by atomic mass is 15.2. The van der Waals surface area contributed by atoms with E-state index in [-0.39, 0.29) is 0 Å². The van der Waals surface area contributed by atoms with Crippen LogP contribution in [0.3, 0.4) is 0 Å². The summed E-state index contributed by atoms with van der Waals surface area (Å²) in [6.07, 6.45) is 9.16. The van der Waals surface area contributed by atoms with E-state index < -0.39 is 0 Å². The fraction of sp³-hybridized carbons (Fsp3) is 1.00. The van der Waals surface area contributed by atoms with Gasteiger partial charge in [0.05, 0.1) is 0 Å². The number of hydrogen-bond donors (Lipinski definition) is 2. The van der Waals surface area contributed by atoms with Gasteiger partial charge in [-0.1, -0.05) is 6.92 Å². The molecule has 1 saturated carbocycles. The van der Waals surface area contributed by atoms with E-state index in [2.05, 4.69) is 25.7 Å². The predicted molar refractivity (Wildman–Crippen MR) is 91.1 cm³/mol. The average Bonchev–Trinajstić information content (AvgIpc) is 2.42. The minimum absolute atomic E-state index is 0.357. The molecule has 1 aliphatic carbocycles. The van der Waals surface area contributed by atoms with E-state index in [0.29, 0.717) is 5.54 Å². The van der Waals surface area contributed by atoms with Gasteiger partial charge in [-0.25, -0.2) is 0 Å². The standard InChI is InChI=1S/C18H37N3/c1-14-13-18(2,3)21(11-5-4-9-19)17-7-6-15(8-10-20)12-16(14)17/h14-17H,4-13,19-20H2,1-3H3. The molecular formula is C18H37N3. The molecule has 124 valence electrons. The first-order chi connectivity index (χ1) is 9.99. The molecule has 1 saturated heterocycles. The van der Waals surface area contributed by atoms with Crippen LogP contribution in [0, 0.1) is 17.8 Å². The highest BCUT2D eigenvalue weighted by Gasteiger charge is 2.46. The largest absolute Gasteiger partial charge is 0.330 e. The zero-order chi connectivity index (χ0) is 15.5. The van der Waals surface area contributed by atoms with Crippen molar-refractivity contribution in [3.63, 3.8) is 0 Å². The highest BCUT2D eigenvalue weighted by molar-refractivity contribution is 5.00. The van der Waals surface area contributed by atoms with Crippen LogP contribution < -0.4 is 11.5 Å². The number of piperidine rings is 1. The summed E-state index contributed by atoms with van der Waals surface area (Å²) in [5, 5.41) is 0. The van der Waals surface area contributed by atoms with Crippen molar-refractivity contribution in [3.8, 4) is 0 Å². The lowest BCUT2D eigenvalue weighted by molar-refractivity contribution is -0.0687. The molecule has 2 fully saturated rings. The summed E-state index contributed by atoms with van der Waals surface area (Å²) in [7, 11) is 0. The van der Waals surface area contributed by atoms with Crippen LogP contribution in [0.5, 0.6) is 0 Å². The number of hydrogen-bond acceptors (Lipinski definition) is 3. The third kappa shape index (κ3) is 4.00. The van der Waals surface area contributed by atoms with E-state index in [4.69, 9.17) is 11.5 Å². The summed E-state index contributed by atoms with van der Waals surface area (Å²) in [5.41, 5.74) is 11.8. The molecule has 1 aliphatic heterocycles. The molecule has 0 aromatic carbocycles. The van der Waals surface area contributed by atoms with Gasteiger partial charge in [0, 0.05) is 11.6 Å². The first kappa shape index (κ1) is 17.2. The molecule has 21 heavy (non-hydrogen) atoms. The molecule has 2 aliphatic rings. The third-order valence-electron chi connectivity index (χ3n) is 6.13. The van der Waals surface area contributed by atoms with Crippen molar-refractivity contribution in [2.24, 2.45) is 29.2 Å². The van der Waals surface area contributed by atoms with Crippen LogP contribution in [0.4, 0.5) is 0 Å². The minimum Gasteiger partial charge on any atom is -0.330 e. The van der Waals surface area contributed by atoms with Gasteiger partial charge in [0.25, 0.3) is 0 Å². The minimum atomic E-state index is 0.357. The van der Waals surface area contributed by atoms with E-state index >= 15 is 0 Å². The van der Waals surface area contributed by atoms with Crippen LogP contribution in [0.2, 0.25) is 0 Å². The van der Waals surface area contributed by atoms with Crippen molar-refractivity contribution < 1.29 is 0 Å². The maximum atomic E-state index is 5.79. The molecule has 3 nitrogen and oxygen atoms in total. The van der Waals surface area contributed by atoms with E-state index in [1.54, 1.807) is 0 Å². The van der Waals surface area contributed by atoms with E-state index in [1.165, 1.54) is 45.1 Å². The van der Waals surface area contributed by atoms with Gasteiger partial charge < -0.3 is 11.5 Å². The van der Waals surface area contributed by atoms with Gasteiger partial charge in [-0.3, -0.25) is 4.90 Å². The smallest absolute Gasteiger partial charge is 0.0158 e. The van der Waals surface area contributed by atoms with Crippen molar-refractivity contribution in [1.29, 1.82) is 0 Å². The quantitative estimate of drug-likeness (QED) is 0.741. The summed E-state index contributed by atoms with van der Waals surface area (Å²) in [5.74, 6) is 2.63. The Bertz CT molecular complexity index is 316. The second-order valence-corrected chi connectivity index (χ2v) is 8.17. The van der Waals surface area contributed by atoms with Crippen molar-refractivity contribution >= 4 is 0 Å². The summed E-state index contributed by atoms with van der Waals surface area (Å²) in [6, 6.07) is 0.801.